The van der Waals surface area contributed by atoms with Crippen molar-refractivity contribution >= 4 is 5.91 Å². The van der Waals surface area contributed by atoms with Gasteiger partial charge >= 0.3 is 0 Å². The number of nitrogens with two attached hydrogens (primary N) is 1. The number of aliphatic hydroxyl groups is 1. The molecule has 7 heteroatoms. The Morgan fingerprint density at radius 2 is 2.08 bits per heavy atom. The molecular weight excluding hydrogens is 322 g/mol. The second-order valence-electron chi connectivity index (χ2n) is 6.64. The molecule has 2 rings (SSSR count). The van der Waals surface area contributed by atoms with E-state index >= 15 is 0 Å². The van der Waals surface area contributed by atoms with Gasteiger partial charge in [0.2, 0.25) is 0 Å². The molecule has 2 aromatic rings. The molecule has 1 unspecified atom stereocenters. The second-order valence-corrected chi connectivity index (χ2v) is 6.64. The predicted octanol–water partition coefficient (Wildman–Crippen LogP) is 1.52. The Bertz CT molecular complexity index is 679. The summed E-state index contributed by atoms with van der Waals surface area (Å²) in [6.07, 6.45) is 0.480. The maximum Gasteiger partial charge on any atom is 0.259 e. The highest BCUT2D eigenvalue weighted by atomic mass is 16.5. The Morgan fingerprint density at radius 1 is 1.40 bits per heavy atom. The predicted molar refractivity (Wildman–Crippen MR) is 92.8 cm³/mol. The van der Waals surface area contributed by atoms with Crippen LogP contribution in [0.1, 0.15) is 35.5 Å². The topological polar surface area (TPSA) is 102 Å². The van der Waals surface area contributed by atoms with E-state index in [1.54, 1.807) is 20.9 Å². The number of hydrogen-bond donors (Lipinski definition) is 2. The monoisotopic (exact) mass is 347 g/mol. The average Bonchev–Trinajstić information content (AvgIpc) is 3.05. The van der Waals surface area contributed by atoms with Gasteiger partial charge in [0.15, 0.2) is 0 Å². The van der Waals surface area contributed by atoms with Crippen LogP contribution in [0.15, 0.2) is 41.1 Å². The molecule has 0 saturated heterocycles. The molecule has 0 bridgehead atoms. The maximum atomic E-state index is 12.5. The summed E-state index contributed by atoms with van der Waals surface area (Å²) in [5, 5.41) is 13.9. The molecule has 7 nitrogen and oxygen atoms in total. The smallest absolute Gasteiger partial charge is 0.259 e. The highest BCUT2D eigenvalue weighted by Gasteiger charge is 2.28. The van der Waals surface area contributed by atoms with Crippen LogP contribution in [0.3, 0.4) is 0 Å². The molecule has 0 saturated carbocycles. The number of rotatable bonds is 8. The minimum atomic E-state index is -0.799. The van der Waals surface area contributed by atoms with Gasteiger partial charge in [-0.1, -0.05) is 35.5 Å². The van der Waals surface area contributed by atoms with E-state index in [0.717, 1.165) is 5.56 Å². The van der Waals surface area contributed by atoms with Gasteiger partial charge in [0.1, 0.15) is 17.5 Å². The van der Waals surface area contributed by atoms with Gasteiger partial charge in [0.05, 0.1) is 24.9 Å². The number of ether oxygens (including phenoxy) is 1. The minimum Gasteiger partial charge on any atom is -0.389 e. The Morgan fingerprint density at radius 3 is 2.72 bits per heavy atom. The molecule has 25 heavy (non-hydrogen) atoms. The van der Waals surface area contributed by atoms with Gasteiger partial charge in [-0.2, -0.15) is 0 Å². The first-order chi connectivity index (χ1) is 11.8. The van der Waals surface area contributed by atoms with Crippen molar-refractivity contribution in [2.45, 2.75) is 32.1 Å². The molecule has 0 aliphatic heterocycles. The summed E-state index contributed by atoms with van der Waals surface area (Å²) in [6, 6.07) is 9.68. The molecule has 0 aliphatic rings. The van der Waals surface area contributed by atoms with Crippen molar-refractivity contribution in [2.24, 2.45) is 5.73 Å². The van der Waals surface area contributed by atoms with E-state index in [4.69, 9.17) is 15.0 Å². The third-order valence-corrected chi connectivity index (χ3v) is 3.66. The number of likely N-dealkylation sites (N-methyl/N-ethyl adjacent to an activating group) is 1. The lowest BCUT2D eigenvalue weighted by molar-refractivity contribution is 0.0136. The zero-order valence-corrected chi connectivity index (χ0v) is 14.8. The van der Waals surface area contributed by atoms with Crippen LogP contribution in [0.4, 0.5) is 0 Å². The average molecular weight is 347 g/mol. The van der Waals surface area contributed by atoms with Crippen LogP contribution in [0, 0.1) is 0 Å². The van der Waals surface area contributed by atoms with Crippen molar-refractivity contribution in [3.8, 4) is 0 Å². The number of amides is 1. The fourth-order valence-corrected chi connectivity index (χ4v) is 2.40. The molecule has 1 aromatic carbocycles. The lowest BCUT2D eigenvalue weighted by atomic mass is 9.98. The Hall–Kier alpha value is -2.22. The van der Waals surface area contributed by atoms with Gasteiger partial charge in [-0.3, -0.25) is 4.79 Å². The van der Waals surface area contributed by atoms with E-state index in [2.05, 4.69) is 5.16 Å². The number of carbonyl (C=O) groups is 1. The third-order valence-electron chi connectivity index (χ3n) is 3.66. The van der Waals surface area contributed by atoms with E-state index < -0.39 is 11.6 Å². The van der Waals surface area contributed by atoms with E-state index in [0.29, 0.717) is 17.9 Å². The van der Waals surface area contributed by atoms with E-state index in [1.165, 1.54) is 11.2 Å². The number of aliphatic hydroxyl groups excluding tert-OH is 1. The summed E-state index contributed by atoms with van der Waals surface area (Å²) in [4.78, 5) is 13.9. The van der Waals surface area contributed by atoms with Crippen molar-refractivity contribution in [1.82, 2.24) is 10.1 Å². The first-order valence-electron chi connectivity index (χ1n) is 8.08. The number of hydrogen-bond acceptors (Lipinski definition) is 6. The van der Waals surface area contributed by atoms with Crippen molar-refractivity contribution in [3.63, 3.8) is 0 Å². The lowest BCUT2D eigenvalue weighted by Crippen LogP contribution is -2.38. The molecule has 136 valence electrons. The van der Waals surface area contributed by atoms with E-state index in [-0.39, 0.29) is 19.1 Å². The van der Waals surface area contributed by atoms with Crippen LogP contribution >= 0.6 is 0 Å². The number of aromatic nitrogens is 1. The van der Waals surface area contributed by atoms with Crippen molar-refractivity contribution in [1.29, 1.82) is 0 Å². The fourth-order valence-electron chi connectivity index (χ4n) is 2.40. The summed E-state index contributed by atoms with van der Waals surface area (Å²) in [5.41, 5.74) is 6.92. The molecule has 1 heterocycles. The van der Waals surface area contributed by atoms with Crippen LogP contribution in [0.25, 0.3) is 0 Å². The van der Waals surface area contributed by atoms with Gasteiger partial charge in [0, 0.05) is 13.6 Å². The first-order valence-corrected chi connectivity index (χ1v) is 8.08. The molecular formula is C18H25N3O4. The quantitative estimate of drug-likeness (QED) is 0.751. The zero-order chi connectivity index (χ0) is 18.4. The summed E-state index contributed by atoms with van der Waals surface area (Å²) in [6.45, 7) is 4.16. The van der Waals surface area contributed by atoms with Crippen LogP contribution in [0.5, 0.6) is 0 Å². The van der Waals surface area contributed by atoms with Crippen LogP contribution in [-0.2, 0) is 16.9 Å². The second kappa shape index (κ2) is 8.24. The summed E-state index contributed by atoms with van der Waals surface area (Å²) in [7, 11) is 1.60. The third kappa shape index (κ3) is 5.38. The first kappa shape index (κ1) is 19.1. The summed E-state index contributed by atoms with van der Waals surface area (Å²) in [5.74, 6) is -0.308. The van der Waals surface area contributed by atoms with Crippen LogP contribution in [0.2, 0.25) is 0 Å². The Balaban J connectivity index is 1.85. The SMILES string of the molecule is CN(CC(O)COCc1ccccc1)C(=O)c1conc1C(C)(C)N. The van der Waals surface area contributed by atoms with Crippen molar-refractivity contribution in [3.05, 3.63) is 53.4 Å². The van der Waals surface area contributed by atoms with Gasteiger partial charge in [0.25, 0.3) is 5.91 Å². The molecule has 1 amide bonds. The summed E-state index contributed by atoms with van der Waals surface area (Å²) >= 11 is 0. The number of benzene rings is 1. The zero-order valence-electron chi connectivity index (χ0n) is 14.8. The van der Waals surface area contributed by atoms with Gasteiger partial charge < -0.3 is 25.0 Å². The minimum absolute atomic E-state index is 0.128. The molecule has 0 aliphatic carbocycles. The molecule has 1 atom stereocenters. The van der Waals surface area contributed by atoms with Gasteiger partial charge in [-0.25, -0.2) is 0 Å². The standard InChI is InChI=1S/C18H25N3O4/c1-18(2,19)16-15(12-25-20-16)17(23)21(3)9-14(22)11-24-10-13-7-5-4-6-8-13/h4-8,12,14,22H,9-11,19H2,1-3H3. The molecule has 0 fully saturated rings. The van der Waals surface area contributed by atoms with E-state index in [1.807, 2.05) is 30.3 Å². The van der Waals surface area contributed by atoms with Crippen molar-refractivity contribution < 1.29 is 19.2 Å². The van der Waals surface area contributed by atoms with Crippen LogP contribution in [-0.4, -0.2) is 47.4 Å². The fraction of sp³-hybridized carbons (Fsp3) is 0.444. The Kier molecular flexibility index (Phi) is 6.30. The van der Waals surface area contributed by atoms with Gasteiger partial charge in [-0.05, 0) is 19.4 Å². The van der Waals surface area contributed by atoms with E-state index in [9.17, 15) is 9.90 Å². The highest BCUT2D eigenvalue weighted by Crippen LogP contribution is 2.20. The highest BCUT2D eigenvalue weighted by molar-refractivity contribution is 5.95. The van der Waals surface area contributed by atoms with Crippen molar-refractivity contribution in [2.75, 3.05) is 20.2 Å². The molecule has 1 aromatic heterocycles. The molecule has 0 radical (unpaired) electrons. The molecule has 3 N–H and O–H groups in total. The van der Waals surface area contributed by atoms with Gasteiger partial charge in [-0.15, -0.1) is 0 Å². The lowest BCUT2D eigenvalue weighted by Gasteiger charge is -2.22. The largest absolute Gasteiger partial charge is 0.389 e. The maximum absolute atomic E-state index is 12.5. The number of nitrogens with zero attached hydrogens (tertiary/aromatic N) is 2. The summed E-state index contributed by atoms with van der Waals surface area (Å²) < 4.78 is 10.4. The molecule has 0 spiro atoms. The number of carbonyl (C=O) groups excluding carboxylic acids is 1. The Labute approximate surface area is 147 Å². The van der Waals surface area contributed by atoms with Crippen LogP contribution < -0.4 is 5.73 Å². The normalized spacial score (nSPS) is 12.8.